The maximum Gasteiger partial charge on any atom is 0.0697 e. The maximum absolute atomic E-state index is 5.99. The molecule has 1 saturated heterocycles. The molecule has 104 valence electrons. The van der Waals surface area contributed by atoms with Crippen LogP contribution < -0.4 is 5.32 Å². The van der Waals surface area contributed by atoms with Crippen molar-refractivity contribution < 1.29 is 4.74 Å². The summed E-state index contributed by atoms with van der Waals surface area (Å²) in [4.78, 5) is 0. The van der Waals surface area contributed by atoms with E-state index in [2.05, 4.69) is 5.32 Å². The topological polar surface area (TPSA) is 21.3 Å². The number of ether oxygens (including phenoxy) is 1. The van der Waals surface area contributed by atoms with Crippen LogP contribution in [0, 0.1) is 5.92 Å². The fraction of sp³-hybridized carbons (Fsp3) is 1.00. The molecule has 1 atom stereocenters. The van der Waals surface area contributed by atoms with E-state index in [4.69, 9.17) is 4.74 Å². The van der Waals surface area contributed by atoms with Gasteiger partial charge in [-0.15, -0.1) is 0 Å². The molecule has 1 unspecified atom stereocenters. The average Bonchev–Trinajstić information content (AvgIpc) is 2.39. The summed E-state index contributed by atoms with van der Waals surface area (Å²) < 4.78 is 5.99. The Balaban J connectivity index is 1.35. The zero-order valence-electron chi connectivity index (χ0n) is 11.8. The largest absolute Gasteiger partial charge is 0.375 e. The molecule has 2 aliphatic carbocycles. The Hall–Kier alpha value is -0.0800. The van der Waals surface area contributed by atoms with Gasteiger partial charge in [0, 0.05) is 12.6 Å². The van der Waals surface area contributed by atoms with Crippen LogP contribution in [0.5, 0.6) is 0 Å². The van der Waals surface area contributed by atoms with Crippen LogP contribution in [0.3, 0.4) is 0 Å². The third-order valence-electron chi connectivity index (χ3n) is 5.47. The van der Waals surface area contributed by atoms with E-state index in [0.29, 0.717) is 5.60 Å². The highest BCUT2D eigenvalue weighted by molar-refractivity contribution is 4.96. The van der Waals surface area contributed by atoms with Gasteiger partial charge in [0.15, 0.2) is 0 Å². The van der Waals surface area contributed by atoms with E-state index in [1.165, 1.54) is 77.2 Å². The van der Waals surface area contributed by atoms with Gasteiger partial charge in [0.2, 0.25) is 0 Å². The molecule has 2 nitrogen and oxygen atoms in total. The average molecular weight is 251 g/mol. The lowest BCUT2D eigenvalue weighted by Crippen LogP contribution is -2.51. The lowest BCUT2D eigenvalue weighted by Gasteiger charge is -2.47. The van der Waals surface area contributed by atoms with E-state index in [9.17, 15) is 0 Å². The van der Waals surface area contributed by atoms with Gasteiger partial charge in [-0.2, -0.15) is 0 Å². The summed E-state index contributed by atoms with van der Waals surface area (Å²) in [6.07, 6.45) is 15.3. The van der Waals surface area contributed by atoms with Crippen LogP contribution in [0.25, 0.3) is 0 Å². The normalized spacial score (nSPS) is 32.3. The number of hydrogen-bond donors (Lipinski definition) is 1. The third-order valence-corrected chi connectivity index (χ3v) is 5.47. The summed E-state index contributed by atoms with van der Waals surface area (Å²) in [7, 11) is 0. The molecule has 0 aromatic carbocycles. The Morgan fingerprint density at radius 2 is 1.83 bits per heavy atom. The van der Waals surface area contributed by atoms with Crippen molar-refractivity contribution in [2.24, 2.45) is 5.92 Å². The van der Waals surface area contributed by atoms with Crippen LogP contribution >= 0.6 is 0 Å². The molecule has 1 spiro atoms. The Labute approximate surface area is 112 Å². The summed E-state index contributed by atoms with van der Waals surface area (Å²) in [5, 5.41) is 3.81. The van der Waals surface area contributed by atoms with Crippen LogP contribution in [-0.4, -0.2) is 24.8 Å². The molecule has 0 aromatic heterocycles. The fourth-order valence-corrected chi connectivity index (χ4v) is 4.09. The smallest absolute Gasteiger partial charge is 0.0697 e. The molecule has 1 heterocycles. The molecule has 2 saturated carbocycles. The van der Waals surface area contributed by atoms with Gasteiger partial charge >= 0.3 is 0 Å². The predicted octanol–water partition coefficient (Wildman–Crippen LogP) is 3.65. The maximum atomic E-state index is 5.99. The second-order valence-electron chi connectivity index (χ2n) is 6.82. The van der Waals surface area contributed by atoms with Crippen LogP contribution in [0.15, 0.2) is 0 Å². The van der Waals surface area contributed by atoms with Crippen molar-refractivity contribution in [3.05, 3.63) is 0 Å². The Kier molecular flexibility index (Phi) is 4.25. The summed E-state index contributed by atoms with van der Waals surface area (Å²) in [5.74, 6) is 1.02. The van der Waals surface area contributed by atoms with E-state index in [1.54, 1.807) is 0 Å². The Bertz CT molecular complexity index is 256. The summed E-state index contributed by atoms with van der Waals surface area (Å²) >= 11 is 0. The van der Waals surface area contributed by atoms with Crippen LogP contribution in [0.2, 0.25) is 0 Å². The van der Waals surface area contributed by atoms with E-state index in [-0.39, 0.29) is 0 Å². The first kappa shape index (κ1) is 12.9. The lowest BCUT2D eigenvalue weighted by atomic mass is 9.74. The van der Waals surface area contributed by atoms with E-state index in [1.807, 2.05) is 0 Å². The standard InChI is InChI=1S/C16H29NO/c1-2-5-14(6-3-1)7-11-17-15-8-12-18-16(13-15)9-4-10-16/h14-15,17H,1-13H2. The number of rotatable bonds is 4. The third kappa shape index (κ3) is 3.08. The number of nitrogens with one attached hydrogen (secondary N) is 1. The minimum Gasteiger partial charge on any atom is -0.375 e. The van der Waals surface area contributed by atoms with Crippen molar-refractivity contribution in [3.8, 4) is 0 Å². The molecule has 18 heavy (non-hydrogen) atoms. The van der Waals surface area contributed by atoms with Crippen molar-refractivity contribution in [2.45, 2.75) is 82.3 Å². The molecule has 1 N–H and O–H groups in total. The fourth-order valence-electron chi connectivity index (χ4n) is 4.09. The predicted molar refractivity (Wildman–Crippen MR) is 74.8 cm³/mol. The first-order chi connectivity index (χ1) is 8.86. The highest BCUT2D eigenvalue weighted by atomic mass is 16.5. The summed E-state index contributed by atoms with van der Waals surface area (Å²) in [6.45, 7) is 2.23. The summed E-state index contributed by atoms with van der Waals surface area (Å²) in [6, 6.07) is 0.739. The van der Waals surface area contributed by atoms with Crippen LogP contribution in [0.1, 0.15) is 70.6 Å². The van der Waals surface area contributed by atoms with Crippen LogP contribution in [-0.2, 0) is 4.74 Å². The highest BCUT2D eigenvalue weighted by Gasteiger charge is 2.42. The first-order valence-electron chi connectivity index (χ1n) is 8.24. The molecule has 2 heteroatoms. The Morgan fingerprint density at radius 3 is 2.56 bits per heavy atom. The summed E-state index contributed by atoms with van der Waals surface area (Å²) in [5.41, 5.74) is 0.306. The van der Waals surface area contributed by atoms with Crippen LogP contribution in [0.4, 0.5) is 0 Å². The molecular weight excluding hydrogens is 222 g/mol. The van der Waals surface area contributed by atoms with Gasteiger partial charge in [-0.3, -0.25) is 0 Å². The molecule has 0 bridgehead atoms. The van der Waals surface area contributed by atoms with Gasteiger partial charge in [-0.25, -0.2) is 0 Å². The van der Waals surface area contributed by atoms with Gasteiger partial charge in [0.25, 0.3) is 0 Å². The SMILES string of the molecule is C1CCC(CCNC2CCOC3(CCC3)C2)CC1. The minimum absolute atomic E-state index is 0.306. The van der Waals surface area contributed by atoms with Gasteiger partial charge in [-0.05, 0) is 51.0 Å². The van der Waals surface area contributed by atoms with Crippen molar-refractivity contribution in [1.82, 2.24) is 5.32 Å². The second-order valence-corrected chi connectivity index (χ2v) is 6.82. The molecule has 1 aliphatic heterocycles. The van der Waals surface area contributed by atoms with E-state index < -0.39 is 0 Å². The molecule has 3 rings (SSSR count). The van der Waals surface area contributed by atoms with Gasteiger partial charge in [0.05, 0.1) is 5.60 Å². The first-order valence-corrected chi connectivity index (χ1v) is 8.24. The quantitative estimate of drug-likeness (QED) is 0.823. The monoisotopic (exact) mass is 251 g/mol. The Morgan fingerprint density at radius 1 is 1.00 bits per heavy atom. The van der Waals surface area contributed by atoms with Gasteiger partial charge < -0.3 is 10.1 Å². The van der Waals surface area contributed by atoms with Crippen molar-refractivity contribution in [2.75, 3.05) is 13.2 Å². The molecule has 0 aromatic rings. The van der Waals surface area contributed by atoms with Gasteiger partial charge in [-0.1, -0.05) is 32.1 Å². The lowest BCUT2D eigenvalue weighted by molar-refractivity contribution is -0.135. The second kappa shape index (κ2) is 5.92. The van der Waals surface area contributed by atoms with Crippen molar-refractivity contribution in [3.63, 3.8) is 0 Å². The molecule has 0 amide bonds. The molecule has 3 fully saturated rings. The molecule has 3 aliphatic rings. The van der Waals surface area contributed by atoms with Crippen molar-refractivity contribution >= 4 is 0 Å². The zero-order valence-corrected chi connectivity index (χ0v) is 11.8. The molecule has 0 radical (unpaired) electrons. The zero-order chi connectivity index (χ0) is 12.3. The van der Waals surface area contributed by atoms with Gasteiger partial charge in [0.1, 0.15) is 0 Å². The van der Waals surface area contributed by atoms with E-state index in [0.717, 1.165) is 18.6 Å². The van der Waals surface area contributed by atoms with Crippen molar-refractivity contribution in [1.29, 1.82) is 0 Å². The van der Waals surface area contributed by atoms with E-state index >= 15 is 0 Å². The highest BCUT2D eigenvalue weighted by Crippen LogP contribution is 2.42. The number of hydrogen-bond acceptors (Lipinski definition) is 2. The molecular formula is C16H29NO. The minimum atomic E-state index is 0.306.